The minimum absolute atomic E-state index is 0.0804. The summed E-state index contributed by atoms with van der Waals surface area (Å²) >= 11 is 0. The first-order valence-electron chi connectivity index (χ1n) is 6.59. The molecule has 0 fully saturated rings. The van der Waals surface area contributed by atoms with Crippen molar-refractivity contribution in [1.82, 2.24) is 4.90 Å². The third-order valence-corrected chi connectivity index (χ3v) is 2.92. The third kappa shape index (κ3) is 5.95. The zero-order chi connectivity index (χ0) is 16.0. The Balaban J connectivity index is 2.91. The van der Waals surface area contributed by atoms with Crippen LogP contribution in [0.3, 0.4) is 0 Å². The number of methoxy groups -OCH3 is 1. The zero-order valence-corrected chi connectivity index (χ0v) is 12.0. The minimum Gasteiger partial charge on any atom is -0.497 e. The van der Waals surface area contributed by atoms with Crippen LogP contribution in [0.2, 0.25) is 0 Å². The SMILES string of the molecule is CCCN(Cc1ccc(OC)c(B(O)O)c1)CC(F)(F)F. The summed E-state index contributed by atoms with van der Waals surface area (Å²) in [5.41, 5.74) is 0.704. The molecule has 1 rings (SSSR count). The maximum atomic E-state index is 12.5. The van der Waals surface area contributed by atoms with Crippen molar-refractivity contribution in [2.45, 2.75) is 26.1 Å². The number of alkyl halides is 3. The first-order valence-corrected chi connectivity index (χ1v) is 6.59. The molecule has 1 aromatic carbocycles. The number of halogens is 3. The highest BCUT2D eigenvalue weighted by Crippen LogP contribution is 2.19. The molecule has 0 unspecified atom stereocenters. The van der Waals surface area contributed by atoms with E-state index < -0.39 is 19.8 Å². The highest BCUT2D eigenvalue weighted by atomic mass is 19.4. The monoisotopic (exact) mass is 305 g/mol. The van der Waals surface area contributed by atoms with Gasteiger partial charge in [-0.05, 0) is 24.6 Å². The fourth-order valence-electron chi connectivity index (χ4n) is 2.13. The van der Waals surface area contributed by atoms with Crippen LogP contribution in [0.25, 0.3) is 0 Å². The predicted molar refractivity (Wildman–Crippen MR) is 74.4 cm³/mol. The summed E-state index contributed by atoms with van der Waals surface area (Å²) in [6.07, 6.45) is -3.66. The maximum absolute atomic E-state index is 12.5. The summed E-state index contributed by atoms with van der Waals surface area (Å²) in [7, 11) is -0.351. The van der Waals surface area contributed by atoms with Gasteiger partial charge in [0.1, 0.15) is 5.75 Å². The largest absolute Gasteiger partial charge is 0.497 e. The van der Waals surface area contributed by atoms with Crippen LogP contribution in [0.1, 0.15) is 18.9 Å². The van der Waals surface area contributed by atoms with Crippen LogP contribution in [0.5, 0.6) is 5.75 Å². The highest BCUT2D eigenvalue weighted by Gasteiger charge is 2.30. The molecule has 0 heterocycles. The second-order valence-electron chi connectivity index (χ2n) is 4.78. The number of rotatable bonds is 7. The molecule has 0 aliphatic rings. The number of benzene rings is 1. The van der Waals surface area contributed by atoms with E-state index in [0.717, 1.165) is 0 Å². The van der Waals surface area contributed by atoms with Crippen molar-refractivity contribution < 1.29 is 28.0 Å². The third-order valence-electron chi connectivity index (χ3n) is 2.92. The summed E-state index contributed by atoms with van der Waals surface area (Å²) in [5, 5.41) is 18.5. The van der Waals surface area contributed by atoms with E-state index in [1.165, 1.54) is 24.1 Å². The number of hydrogen-bond donors (Lipinski definition) is 2. The Hall–Kier alpha value is -1.25. The molecule has 0 atom stereocenters. The predicted octanol–water partition coefficient (Wildman–Crippen LogP) is 1.15. The van der Waals surface area contributed by atoms with Crippen molar-refractivity contribution in [2.75, 3.05) is 20.2 Å². The van der Waals surface area contributed by atoms with E-state index in [2.05, 4.69) is 0 Å². The van der Waals surface area contributed by atoms with E-state index in [4.69, 9.17) is 4.74 Å². The fraction of sp³-hybridized carbons (Fsp3) is 0.538. The van der Waals surface area contributed by atoms with Gasteiger partial charge >= 0.3 is 13.3 Å². The quantitative estimate of drug-likeness (QED) is 0.742. The molecule has 2 N–H and O–H groups in total. The molecule has 4 nitrogen and oxygen atoms in total. The second kappa shape index (κ2) is 7.67. The lowest BCUT2D eigenvalue weighted by atomic mass is 9.78. The average Bonchev–Trinajstić information content (AvgIpc) is 2.37. The molecule has 8 heteroatoms. The molecule has 0 saturated heterocycles. The molecule has 1 aromatic rings. The lowest BCUT2D eigenvalue weighted by Gasteiger charge is -2.23. The summed E-state index contributed by atoms with van der Waals surface area (Å²) in [6, 6.07) is 4.58. The molecule has 0 radical (unpaired) electrons. The summed E-state index contributed by atoms with van der Waals surface area (Å²) in [5.74, 6) is 0.284. The Bertz CT molecular complexity index is 455. The highest BCUT2D eigenvalue weighted by molar-refractivity contribution is 6.59. The van der Waals surface area contributed by atoms with Crippen LogP contribution >= 0.6 is 0 Å². The molecule has 0 aliphatic carbocycles. The van der Waals surface area contributed by atoms with E-state index in [1.54, 1.807) is 13.0 Å². The van der Waals surface area contributed by atoms with Crippen LogP contribution in [0.4, 0.5) is 13.2 Å². The zero-order valence-electron chi connectivity index (χ0n) is 12.0. The minimum atomic E-state index is -4.26. The second-order valence-corrected chi connectivity index (χ2v) is 4.78. The first-order chi connectivity index (χ1) is 9.76. The van der Waals surface area contributed by atoms with Gasteiger partial charge in [-0.25, -0.2) is 0 Å². The Morgan fingerprint density at radius 1 is 1.29 bits per heavy atom. The normalized spacial score (nSPS) is 11.8. The van der Waals surface area contributed by atoms with Crippen LogP contribution in [0.15, 0.2) is 18.2 Å². The lowest BCUT2D eigenvalue weighted by molar-refractivity contribution is -0.147. The molecule has 0 amide bonds. The van der Waals surface area contributed by atoms with E-state index >= 15 is 0 Å². The van der Waals surface area contributed by atoms with Crippen LogP contribution in [-0.4, -0.2) is 48.4 Å². The van der Waals surface area contributed by atoms with Crippen LogP contribution < -0.4 is 10.2 Å². The van der Waals surface area contributed by atoms with Crippen molar-refractivity contribution in [3.8, 4) is 5.75 Å². The van der Waals surface area contributed by atoms with E-state index in [9.17, 15) is 23.2 Å². The Morgan fingerprint density at radius 3 is 2.43 bits per heavy atom. The topological polar surface area (TPSA) is 52.9 Å². The van der Waals surface area contributed by atoms with Gasteiger partial charge < -0.3 is 14.8 Å². The molecule has 0 bridgehead atoms. The maximum Gasteiger partial charge on any atom is 0.492 e. The first kappa shape index (κ1) is 17.8. The van der Waals surface area contributed by atoms with Gasteiger partial charge in [0, 0.05) is 12.0 Å². The molecule has 0 aromatic heterocycles. The summed E-state index contributed by atoms with van der Waals surface area (Å²) < 4.78 is 42.5. The Morgan fingerprint density at radius 2 is 1.95 bits per heavy atom. The standard InChI is InChI=1S/C13H19BF3NO3/c1-3-6-18(9-13(15,16)17)8-10-4-5-12(21-2)11(7-10)14(19)20/h4-5,7,19-20H,3,6,8-9H2,1-2H3. The fourth-order valence-corrected chi connectivity index (χ4v) is 2.13. The lowest BCUT2D eigenvalue weighted by Crippen LogP contribution is -2.35. The van der Waals surface area contributed by atoms with Gasteiger partial charge in [0.25, 0.3) is 0 Å². The van der Waals surface area contributed by atoms with Gasteiger partial charge in [-0.3, -0.25) is 4.90 Å². The van der Waals surface area contributed by atoms with Gasteiger partial charge in [0.2, 0.25) is 0 Å². The van der Waals surface area contributed by atoms with Crippen molar-refractivity contribution >= 4 is 12.6 Å². The smallest absolute Gasteiger partial charge is 0.492 e. The van der Waals surface area contributed by atoms with Crippen molar-refractivity contribution in [2.24, 2.45) is 0 Å². The summed E-state index contributed by atoms with van der Waals surface area (Å²) in [4.78, 5) is 1.27. The van der Waals surface area contributed by atoms with Gasteiger partial charge in [-0.1, -0.05) is 19.1 Å². The van der Waals surface area contributed by atoms with Crippen LogP contribution in [-0.2, 0) is 6.54 Å². The van der Waals surface area contributed by atoms with Crippen molar-refractivity contribution in [3.05, 3.63) is 23.8 Å². The van der Waals surface area contributed by atoms with Gasteiger partial charge in [-0.15, -0.1) is 0 Å². The van der Waals surface area contributed by atoms with Gasteiger partial charge in [0.05, 0.1) is 13.7 Å². The average molecular weight is 305 g/mol. The molecule has 21 heavy (non-hydrogen) atoms. The van der Waals surface area contributed by atoms with E-state index in [1.807, 2.05) is 0 Å². The molecule has 0 saturated carbocycles. The van der Waals surface area contributed by atoms with Crippen molar-refractivity contribution in [1.29, 1.82) is 0 Å². The Kier molecular flexibility index (Phi) is 6.51. The van der Waals surface area contributed by atoms with E-state index in [0.29, 0.717) is 18.5 Å². The van der Waals surface area contributed by atoms with Gasteiger partial charge in [-0.2, -0.15) is 13.2 Å². The number of nitrogens with zero attached hydrogens (tertiary/aromatic N) is 1. The van der Waals surface area contributed by atoms with Crippen LogP contribution in [0, 0.1) is 0 Å². The van der Waals surface area contributed by atoms with Crippen molar-refractivity contribution in [3.63, 3.8) is 0 Å². The number of ether oxygens (including phenoxy) is 1. The summed E-state index contributed by atoms with van der Waals surface area (Å²) in [6.45, 7) is 1.20. The molecule has 0 spiro atoms. The molecular weight excluding hydrogens is 286 g/mol. The molecule has 118 valence electrons. The molecular formula is C13H19BF3NO3. The van der Waals surface area contributed by atoms with E-state index in [-0.39, 0.29) is 17.8 Å². The molecule has 0 aliphatic heterocycles. The number of hydrogen-bond acceptors (Lipinski definition) is 4. The van der Waals surface area contributed by atoms with Gasteiger partial charge in [0.15, 0.2) is 0 Å². The Labute approximate surface area is 122 Å².